The zero-order valence-corrected chi connectivity index (χ0v) is 13.0. The predicted octanol–water partition coefficient (Wildman–Crippen LogP) is 1.61. The van der Waals surface area contributed by atoms with Crippen LogP contribution in [0.2, 0.25) is 0 Å². The van der Waals surface area contributed by atoms with Gasteiger partial charge in [-0.2, -0.15) is 0 Å². The van der Waals surface area contributed by atoms with Crippen LogP contribution in [-0.4, -0.2) is 51.0 Å². The van der Waals surface area contributed by atoms with E-state index in [9.17, 15) is 4.79 Å². The molecule has 6 heteroatoms. The molecule has 1 aliphatic heterocycles. The topological polar surface area (TPSA) is 63.1 Å². The predicted molar refractivity (Wildman–Crippen MR) is 80.1 cm³/mol. The van der Waals surface area contributed by atoms with Crippen LogP contribution in [0.5, 0.6) is 0 Å². The second kappa shape index (κ2) is 6.13. The molecule has 0 aromatic carbocycles. The summed E-state index contributed by atoms with van der Waals surface area (Å²) in [5.41, 5.74) is 0.495. The fourth-order valence-corrected chi connectivity index (χ4v) is 3.24. The van der Waals surface area contributed by atoms with E-state index in [0.29, 0.717) is 17.8 Å². The van der Waals surface area contributed by atoms with Crippen LogP contribution >= 0.6 is 0 Å². The Bertz CT molecular complexity index is 488. The number of carbonyl (C=O) groups excluding carboxylic acids is 1. The maximum absolute atomic E-state index is 12.7. The Morgan fingerprint density at radius 1 is 1.33 bits per heavy atom. The minimum atomic E-state index is 0.0369. The first-order valence-corrected chi connectivity index (χ1v) is 8.12. The van der Waals surface area contributed by atoms with E-state index in [2.05, 4.69) is 29.5 Å². The van der Waals surface area contributed by atoms with Crippen molar-refractivity contribution in [1.29, 1.82) is 0 Å². The summed E-state index contributed by atoms with van der Waals surface area (Å²) in [7, 11) is 0. The van der Waals surface area contributed by atoms with E-state index >= 15 is 0 Å². The number of nitrogens with one attached hydrogen (secondary N) is 1. The number of hydrogen-bond donors (Lipinski definition) is 1. The molecule has 1 saturated heterocycles. The first kappa shape index (κ1) is 14.5. The summed E-state index contributed by atoms with van der Waals surface area (Å²) >= 11 is 0. The molecule has 3 rings (SSSR count). The molecule has 2 fully saturated rings. The average molecular weight is 291 g/mol. The van der Waals surface area contributed by atoms with Gasteiger partial charge in [-0.3, -0.25) is 4.79 Å². The lowest BCUT2D eigenvalue weighted by Crippen LogP contribution is -2.48. The van der Waals surface area contributed by atoms with E-state index < -0.39 is 0 Å². The maximum atomic E-state index is 12.7. The average Bonchev–Trinajstić information content (AvgIpc) is 2.92. The molecule has 1 aromatic rings. The zero-order valence-electron chi connectivity index (χ0n) is 13.0. The molecular weight excluding hydrogens is 266 g/mol. The number of aromatic nitrogens is 3. The van der Waals surface area contributed by atoms with E-state index in [4.69, 9.17) is 0 Å². The molecule has 0 spiro atoms. The fraction of sp³-hybridized carbons (Fsp3) is 0.800. The highest BCUT2D eigenvalue weighted by atomic mass is 16.2. The standard InChI is InChI=1S/C15H25N5O/c1-11(2)20(13-4-3-5-13)15(21)14-10-19(18-17-14)12-6-8-16-9-7-12/h10-13,16H,3-9H2,1-2H3. The molecule has 0 atom stereocenters. The van der Waals surface area contributed by atoms with Crippen LogP contribution < -0.4 is 5.32 Å². The molecule has 1 N–H and O–H groups in total. The van der Waals surface area contributed by atoms with Gasteiger partial charge in [-0.25, -0.2) is 4.68 Å². The Hall–Kier alpha value is -1.43. The van der Waals surface area contributed by atoms with Crippen LogP contribution in [0.25, 0.3) is 0 Å². The number of carbonyl (C=O) groups is 1. The van der Waals surface area contributed by atoms with Crippen molar-refractivity contribution in [2.75, 3.05) is 13.1 Å². The Morgan fingerprint density at radius 3 is 2.62 bits per heavy atom. The molecule has 1 aromatic heterocycles. The van der Waals surface area contributed by atoms with Crippen molar-refractivity contribution in [3.8, 4) is 0 Å². The van der Waals surface area contributed by atoms with Crippen LogP contribution in [0, 0.1) is 0 Å². The Morgan fingerprint density at radius 2 is 2.05 bits per heavy atom. The van der Waals surface area contributed by atoms with Crippen LogP contribution in [0.4, 0.5) is 0 Å². The van der Waals surface area contributed by atoms with Gasteiger partial charge in [0.2, 0.25) is 0 Å². The summed E-state index contributed by atoms with van der Waals surface area (Å²) in [4.78, 5) is 14.7. The molecule has 0 bridgehead atoms. The highest BCUT2D eigenvalue weighted by molar-refractivity contribution is 5.92. The molecule has 1 amide bonds. The summed E-state index contributed by atoms with van der Waals surface area (Å²) in [5.74, 6) is 0.0369. The van der Waals surface area contributed by atoms with Crippen molar-refractivity contribution in [3.63, 3.8) is 0 Å². The van der Waals surface area contributed by atoms with Gasteiger partial charge in [0.25, 0.3) is 5.91 Å². The van der Waals surface area contributed by atoms with Gasteiger partial charge in [0.1, 0.15) is 0 Å². The number of amides is 1. The van der Waals surface area contributed by atoms with Crippen molar-refractivity contribution in [1.82, 2.24) is 25.2 Å². The van der Waals surface area contributed by atoms with Gasteiger partial charge in [-0.1, -0.05) is 5.21 Å². The van der Waals surface area contributed by atoms with Crippen molar-refractivity contribution < 1.29 is 4.79 Å². The van der Waals surface area contributed by atoms with Crippen LogP contribution in [0.3, 0.4) is 0 Å². The maximum Gasteiger partial charge on any atom is 0.276 e. The molecule has 2 aliphatic rings. The number of nitrogens with zero attached hydrogens (tertiary/aromatic N) is 4. The van der Waals surface area contributed by atoms with Crippen LogP contribution in [0.1, 0.15) is 62.5 Å². The van der Waals surface area contributed by atoms with Gasteiger partial charge in [0, 0.05) is 12.1 Å². The highest BCUT2D eigenvalue weighted by Gasteiger charge is 2.32. The van der Waals surface area contributed by atoms with Gasteiger partial charge in [-0.15, -0.1) is 5.10 Å². The van der Waals surface area contributed by atoms with E-state index in [1.54, 1.807) is 0 Å². The lowest BCUT2D eigenvalue weighted by molar-refractivity contribution is 0.0483. The quantitative estimate of drug-likeness (QED) is 0.915. The van der Waals surface area contributed by atoms with E-state index in [1.165, 1.54) is 6.42 Å². The molecule has 2 heterocycles. The first-order valence-electron chi connectivity index (χ1n) is 8.12. The molecule has 21 heavy (non-hydrogen) atoms. The second-order valence-electron chi connectivity index (χ2n) is 6.46. The largest absolute Gasteiger partial charge is 0.332 e. The third-order valence-corrected chi connectivity index (χ3v) is 4.67. The monoisotopic (exact) mass is 291 g/mol. The Labute approximate surface area is 125 Å². The van der Waals surface area contributed by atoms with Gasteiger partial charge in [0.15, 0.2) is 5.69 Å². The van der Waals surface area contributed by atoms with Crippen LogP contribution in [0.15, 0.2) is 6.20 Å². The summed E-state index contributed by atoms with van der Waals surface area (Å²) in [6.07, 6.45) is 7.40. The molecule has 0 unspecified atom stereocenters. The SMILES string of the molecule is CC(C)N(C(=O)c1cn(C2CCNCC2)nn1)C1CCC1. The third kappa shape index (κ3) is 2.95. The fourth-order valence-electron chi connectivity index (χ4n) is 3.24. The minimum absolute atomic E-state index is 0.0369. The molecule has 6 nitrogen and oxygen atoms in total. The Balaban J connectivity index is 1.73. The zero-order chi connectivity index (χ0) is 14.8. The van der Waals surface area contributed by atoms with Gasteiger partial charge in [0.05, 0.1) is 12.2 Å². The summed E-state index contributed by atoms with van der Waals surface area (Å²) in [5, 5.41) is 11.7. The second-order valence-corrected chi connectivity index (χ2v) is 6.46. The van der Waals surface area contributed by atoms with E-state index in [-0.39, 0.29) is 11.9 Å². The van der Waals surface area contributed by atoms with E-state index in [1.807, 2.05) is 15.8 Å². The lowest BCUT2D eigenvalue weighted by Gasteiger charge is -2.39. The summed E-state index contributed by atoms with van der Waals surface area (Å²) in [6, 6.07) is 0.977. The molecular formula is C15H25N5O. The lowest BCUT2D eigenvalue weighted by atomic mass is 9.90. The molecule has 116 valence electrons. The highest BCUT2D eigenvalue weighted by Crippen LogP contribution is 2.28. The number of hydrogen-bond acceptors (Lipinski definition) is 4. The smallest absolute Gasteiger partial charge is 0.276 e. The van der Waals surface area contributed by atoms with Crippen molar-refractivity contribution in [2.45, 2.75) is 64.1 Å². The van der Waals surface area contributed by atoms with E-state index in [0.717, 1.165) is 38.8 Å². The van der Waals surface area contributed by atoms with Crippen molar-refractivity contribution in [3.05, 3.63) is 11.9 Å². The number of rotatable bonds is 4. The normalized spacial score (nSPS) is 20.5. The summed E-state index contributed by atoms with van der Waals surface area (Å²) < 4.78 is 1.88. The molecule has 0 radical (unpaired) electrons. The van der Waals surface area contributed by atoms with Gasteiger partial charge >= 0.3 is 0 Å². The third-order valence-electron chi connectivity index (χ3n) is 4.67. The van der Waals surface area contributed by atoms with Gasteiger partial charge in [-0.05, 0) is 59.0 Å². The molecule has 1 aliphatic carbocycles. The van der Waals surface area contributed by atoms with Gasteiger partial charge < -0.3 is 10.2 Å². The summed E-state index contributed by atoms with van der Waals surface area (Å²) in [6.45, 7) is 6.17. The Kier molecular flexibility index (Phi) is 4.24. The minimum Gasteiger partial charge on any atom is -0.332 e. The molecule has 1 saturated carbocycles. The van der Waals surface area contributed by atoms with Crippen molar-refractivity contribution >= 4 is 5.91 Å². The van der Waals surface area contributed by atoms with Crippen molar-refractivity contribution in [2.24, 2.45) is 0 Å². The number of piperidine rings is 1. The van der Waals surface area contributed by atoms with Crippen LogP contribution in [-0.2, 0) is 0 Å². The first-order chi connectivity index (χ1) is 10.2.